The van der Waals surface area contributed by atoms with Crippen molar-refractivity contribution in [1.82, 2.24) is 25.4 Å². The van der Waals surface area contributed by atoms with Crippen molar-refractivity contribution < 1.29 is 14.3 Å². The number of nitrogens with zero attached hydrogens (tertiary/aromatic N) is 5. The highest BCUT2D eigenvalue weighted by Gasteiger charge is 2.13. The van der Waals surface area contributed by atoms with Gasteiger partial charge in [-0.2, -0.15) is 15.5 Å². The van der Waals surface area contributed by atoms with Crippen molar-refractivity contribution in [3.05, 3.63) is 65.2 Å². The SMILES string of the molecule is Cc1cc(C#N)ccc1-c1cnnc(NCc2cc(-c3ccc(C(=O)O)o3)[nH]n2)n1. The molecule has 1 aromatic carbocycles. The van der Waals surface area contributed by atoms with E-state index in [1.165, 1.54) is 6.07 Å². The molecule has 0 amide bonds. The van der Waals surface area contributed by atoms with Gasteiger partial charge in [0.25, 0.3) is 0 Å². The van der Waals surface area contributed by atoms with Gasteiger partial charge in [-0.15, -0.1) is 5.10 Å². The summed E-state index contributed by atoms with van der Waals surface area (Å²) in [4.78, 5) is 15.4. The van der Waals surface area contributed by atoms with E-state index in [1.54, 1.807) is 30.5 Å². The largest absolute Gasteiger partial charge is 0.475 e. The minimum atomic E-state index is -1.13. The standard InChI is InChI=1S/C20H15N7O3/c1-11-6-12(8-21)2-3-14(11)16-10-23-27-20(24-16)22-9-13-7-15(26-25-13)17-4-5-18(30-17)19(28)29/h2-7,10H,9H2,1H3,(H,25,26)(H,28,29)(H,22,24,27). The molecule has 0 radical (unpaired) electrons. The number of aromatic nitrogens is 5. The molecule has 0 saturated heterocycles. The van der Waals surface area contributed by atoms with Gasteiger partial charge in [-0.1, -0.05) is 6.07 Å². The van der Waals surface area contributed by atoms with Crippen LogP contribution in [0, 0.1) is 18.3 Å². The van der Waals surface area contributed by atoms with E-state index in [2.05, 4.69) is 36.8 Å². The highest BCUT2D eigenvalue weighted by molar-refractivity contribution is 5.85. The fourth-order valence-corrected chi connectivity index (χ4v) is 2.88. The van der Waals surface area contributed by atoms with Crippen LogP contribution in [0.15, 0.2) is 47.0 Å². The minimum Gasteiger partial charge on any atom is -0.475 e. The molecule has 3 N–H and O–H groups in total. The molecule has 0 aliphatic carbocycles. The van der Waals surface area contributed by atoms with Crippen LogP contribution < -0.4 is 5.32 Å². The molecule has 3 heterocycles. The summed E-state index contributed by atoms with van der Waals surface area (Å²) in [6.07, 6.45) is 1.56. The summed E-state index contributed by atoms with van der Waals surface area (Å²) in [6, 6.07) is 12.1. The fourth-order valence-electron chi connectivity index (χ4n) is 2.88. The number of hydrogen-bond donors (Lipinski definition) is 3. The third-order valence-corrected chi connectivity index (χ3v) is 4.33. The Labute approximate surface area is 170 Å². The molecule has 3 aromatic heterocycles. The zero-order valence-electron chi connectivity index (χ0n) is 15.7. The zero-order chi connectivity index (χ0) is 21.1. The molecule has 0 atom stereocenters. The van der Waals surface area contributed by atoms with Crippen LogP contribution in [0.5, 0.6) is 0 Å². The Bertz CT molecular complexity index is 1270. The molecular formula is C20H15N7O3. The number of H-pyrrole nitrogens is 1. The van der Waals surface area contributed by atoms with Crippen LogP contribution in [0.25, 0.3) is 22.7 Å². The lowest BCUT2D eigenvalue weighted by Crippen LogP contribution is -2.05. The van der Waals surface area contributed by atoms with Gasteiger partial charge < -0.3 is 14.8 Å². The number of carboxylic acid groups (broad SMARTS) is 1. The van der Waals surface area contributed by atoms with Crippen molar-refractivity contribution in [2.24, 2.45) is 0 Å². The van der Waals surface area contributed by atoms with Crippen LogP contribution in [-0.4, -0.2) is 36.5 Å². The van der Waals surface area contributed by atoms with Gasteiger partial charge in [-0.05, 0) is 42.8 Å². The van der Waals surface area contributed by atoms with E-state index in [-0.39, 0.29) is 5.76 Å². The molecule has 4 aromatic rings. The van der Waals surface area contributed by atoms with Crippen molar-refractivity contribution in [2.75, 3.05) is 5.32 Å². The van der Waals surface area contributed by atoms with Crippen molar-refractivity contribution in [1.29, 1.82) is 5.26 Å². The molecule has 148 valence electrons. The van der Waals surface area contributed by atoms with E-state index in [9.17, 15) is 4.79 Å². The Morgan fingerprint density at radius 3 is 2.90 bits per heavy atom. The number of carbonyl (C=O) groups is 1. The lowest BCUT2D eigenvalue weighted by Gasteiger charge is -2.07. The first-order valence-corrected chi connectivity index (χ1v) is 8.86. The number of nitriles is 1. The number of carboxylic acids is 1. The highest BCUT2D eigenvalue weighted by Crippen LogP contribution is 2.23. The lowest BCUT2D eigenvalue weighted by molar-refractivity contribution is 0.0663. The molecule has 0 aliphatic heterocycles. The van der Waals surface area contributed by atoms with Gasteiger partial charge in [0.05, 0.1) is 35.8 Å². The van der Waals surface area contributed by atoms with Gasteiger partial charge in [-0.25, -0.2) is 9.78 Å². The summed E-state index contributed by atoms with van der Waals surface area (Å²) in [5, 5.41) is 36.0. The second kappa shape index (κ2) is 7.84. The van der Waals surface area contributed by atoms with Crippen LogP contribution >= 0.6 is 0 Å². The summed E-state index contributed by atoms with van der Waals surface area (Å²) in [5.74, 6) is -0.576. The molecule has 10 heteroatoms. The Hall–Kier alpha value is -4.52. The average Bonchev–Trinajstić information content (AvgIpc) is 3.42. The quantitative estimate of drug-likeness (QED) is 0.442. The van der Waals surface area contributed by atoms with E-state index in [0.717, 1.165) is 11.1 Å². The monoisotopic (exact) mass is 401 g/mol. The summed E-state index contributed by atoms with van der Waals surface area (Å²) >= 11 is 0. The molecule has 0 unspecified atom stereocenters. The second-order valence-corrected chi connectivity index (χ2v) is 6.40. The summed E-state index contributed by atoms with van der Waals surface area (Å²) in [5.41, 5.74) is 4.20. The maximum Gasteiger partial charge on any atom is 0.371 e. The van der Waals surface area contributed by atoms with E-state index in [1.807, 2.05) is 13.0 Å². The van der Waals surface area contributed by atoms with Crippen molar-refractivity contribution in [3.63, 3.8) is 0 Å². The number of benzene rings is 1. The van der Waals surface area contributed by atoms with E-state index in [0.29, 0.717) is 40.9 Å². The Morgan fingerprint density at radius 2 is 2.17 bits per heavy atom. The highest BCUT2D eigenvalue weighted by atomic mass is 16.4. The van der Waals surface area contributed by atoms with Crippen LogP contribution in [0.3, 0.4) is 0 Å². The molecule has 0 fully saturated rings. The number of aromatic amines is 1. The Balaban J connectivity index is 1.47. The predicted molar refractivity (Wildman–Crippen MR) is 105 cm³/mol. The van der Waals surface area contributed by atoms with Gasteiger partial charge in [0.15, 0.2) is 5.76 Å². The fraction of sp³-hybridized carbons (Fsp3) is 0.100. The third kappa shape index (κ3) is 3.85. The average molecular weight is 401 g/mol. The molecular weight excluding hydrogens is 386 g/mol. The van der Waals surface area contributed by atoms with Crippen LogP contribution in [0.4, 0.5) is 5.95 Å². The van der Waals surface area contributed by atoms with Gasteiger partial charge in [0.2, 0.25) is 11.7 Å². The van der Waals surface area contributed by atoms with Crippen LogP contribution in [0.1, 0.15) is 27.4 Å². The van der Waals surface area contributed by atoms with E-state index in [4.69, 9.17) is 14.8 Å². The van der Waals surface area contributed by atoms with Gasteiger partial charge in [0, 0.05) is 5.56 Å². The molecule has 4 rings (SSSR count). The molecule has 0 aliphatic rings. The second-order valence-electron chi connectivity index (χ2n) is 6.40. The minimum absolute atomic E-state index is 0.145. The number of anilines is 1. The normalized spacial score (nSPS) is 10.5. The van der Waals surface area contributed by atoms with Gasteiger partial charge in [-0.3, -0.25) is 5.10 Å². The number of rotatable bonds is 6. The maximum atomic E-state index is 10.9. The number of nitrogens with one attached hydrogen (secondary N) is 2. The van der Waals surface area contributed by atoms with Crippen molar-refractivity contribution in [2.45, 2.75) is 13.5 Å². The number of aromatic carboxylic acids is 1. The first kappa shape index (κ1) is 18.8. The van der Waals surface area contributed by atoms with Gasteiger partial charge >= 0.3 is 5.97 Å². The van der Waals surface area contributed by atoms with Crippen molar-refractivity contribution in [3.8, 4) is 28.8 Å². The van der Waals surface area contributed by atoms with E-state index >= 15 is 0 Å². The molecule has 0 saturated carbocycles. The van der Waals surface area contributed by atoms with Crippen molar-refractivity contribution >= 4 is 11.9 Å². The van der Waals surface area contributed by atoms with Crippen LogP contribution in [-0.2, 0) is 6.54 Å². The Morgan fingerprint density at radius 1 is 1.30 bits per heavy atom. The maximum absolute atomic E-state index is 10.9. The smallest absolute Gasteiger partial charge is 0.371 e. The molecule has 10 nitrogen and oxygen atoms in total. The molecule has 0 spiro atoms. The first-order valence-electron chi connectivity index (χ1n) is 8.86. The zero-order valence-corrected chi connectivity index (χ0v) is 15.7. The summed E-state index contributed by atoms with van der Waals surface area (Å²) < 4.78 is 5.25. The lowest BCUT2D eigenvalue weighted by atomic mass is 10.0. The number of hydrogen-bond acceptors (Lipinski definition) is 8. The summed E-state index contributed by atoms with van der Waals surface area (Å²) in [6.45, 7) is 2.22. The van der Waals surface area contributed by atoms with Crippen LogP contribution in [0.2, 0.25) is 0 Å². The Kier molecular flexibility index (Phi) is 4.92. The first-order chi connectivity index (χ1) is 14.5. The predicted octanol–water partition coefficient (Wildman–Crippen LogP) is 3.01. The molecule has 30 heavy (non-hydrogen) atoms. The number of furan rings is 1. The summed E-state index contributed by atoms with van der Waals surface area (Å²) in [7, 11) is 0. The van der Waals surface area contributed by atoms with Gasteiger partial charge in [0.1, 0.15) is 5.69 Å². The molecule has 0 bridgehead atoms. The third-order valence-electron chi connectivity index (χ3n) is 4.33. The van der Waals surface area contributed by atoms with E-state index < -0.39 is 5.97 Å². The number of aryl methyl sites for hydroxylation is 1. The topological polar surface area (TPSA) is 154 Å².